The van der Waals surface area contributed by atoms with Crippen LogP contribution in [0.15, 0.2) is 24.3 Å². The molecular formula is C10H12N4O. The zero-order valence-electron chi connectivity index (χ0n) is 8.64. The molecule has 78 valence electrons. The summed E-state index contributed by atoms with van der Waals surface area (Å²) in [7, 11) is 3.39. The van der Waals surface area contributed by atoms with Crippen LogP contribution >= 0.6 is 0 Å². The summed E-state index contributed by atoms with van der Waals surface area (Å²) in [5.41, 5.74) is 7.44. The van der Waals surface area contributed by atoms with E-state index in [2.05, 4.69) is 10.3 Å². The first kappa shape index (κ1) is 9.51. The van der Waals surface area contributed by atoms with Gasteiger partial charge in [-0.2, -0.15) is 0 Å². The molecule has 2 aromatic rings. The Labute approximate surface area is 87.5 Å². The zero-order valence-corrected chi connectivity index (χ0v) is 8.64. The Bertz CT molecular complexity index is 461. The second kappa shape index (κ2) is 3.61. The van der Waals surface area contributed by atoms with Gasteiger partial charge in [-0.15, -0.1) is 5.10 Å². The van der Waals surface area contributed by atoms with Crippen molar-refractivity contribution in [1.29, 1.82) is 0 Å². The number of ether oxygens (including phenoxy) is 1. The van der Waals surface area contributed by atoms with E-state index in [0.29, 0.717) is 11.5 Å². The van der Waals surface area contributed by atoms with E-state index in [1.807, 2.05) is 24.3 Å². The van der Waals surface area contributed by atoms with Crippen molar-refractivity contribution in [1.82, 2.24) is 15.0 Å². The van der Waals surface area contributed by atoms with Gasteiger partial charge in [-0.25, -0.2) is 4.68 Å². The normalized spacial score (nSPS) is 10.3. The maximum atomic E-state index is 5.81. The summed E-state index contributed by atoms with van der Waals surface area (Å²) in [4.78, 5) is 0. The number of nitrogens with zero attached hydrogens (tertiary/aromatic N) is 3. The van der Waals surface area contributed by atoms with Gasteiger partial charge in [0.15, 0.2) is 0 Å². The molecule has 0 spiro atoms. The number of nitrogen functional groups attached to an aromatic ring is 1. The smallest absolute Gasteiger partial charge is 0.150 e. The number of methoxy groups -OCH3 is 1. The molecule has 1 aromatic carbocycles. The fraction of sp³-hybridized carbons (Fsp3) is 0.200. The van der Waals surface area contributed by atoms with E-state index in [4.69, 9.17) is 10.5 Å². The molecule has 0 amide bonds. The molecule has 0 radical (unpaired) electrons. The molecular weight excluding hydrogens is 192 g/mol. The molecule has 0 aliphatic heterocycles. The number of hydrogen-bond acceptors (Lipinski definition) is 4. The molecule has 0 bridgehead atoms. The second-order valence-electron chi connectivity index (χ2n) is 3.18. The van der Waals surface area contributed by atoms with E-state index in [9.17, 15) is 0 Å². The topological polar surface area (TPSA) is 66.0 Å². The van der Waals surface area contributed by atoms with Gasteiger partial charge in [-0.05, 0) is 24.3 Å². The summed E-state index contributed by atoms with van der Waals surface area (Å²) in [6, 6.07) is 7.53. The summed E-state index contributed by atoms with van der Waals surface area (Å²) in [5.74, 6) is 1.36. The molecule has 2 rings (SSSR count). The van der Waals surface area contributed by atoms with Crippen molar-refractivity contribution in [3.63, 3.8) is 0 Å². The van der Waals surface area contributed by atoms with E-state index in [-0.39, 0.29) is 0 Å². The number of aryl methyl sites for hydroxylation is 1. The highest BCUT2D eigenvalue weighted by atomic mass is 16.5. The maximum Gasteiger partial charge on any atom is 0.150 e. The van der Waals surface area contributed by atoms with Gasteiger partial charge in [0.25, 0.3) is 0 Å². The number of anilines is 1. The molecule has 1 heterocycles. The number of hydrogen-bond donors (Lipinski definition) is 1. The van der Waals surface area contributed by atoms with Gasteiger partial charge in [0.2, 0.25) is 0 Å². The quantitative estimate of drug-likeness (QED) is 0.794. The summed E-state index contributed by atoms with van der Waals surface area (Å²) in [6.07, 6.45) is 0. The molecule has 0 saturated carbocycles. The van der Waals surface area contributed by atoms with Gasteiger partial charge in [-0.3, -0.25) is 0 Å². The Hall–Kier alpha value is -2.04. The highest BCUT2D eigenvalue weighted by molar-refractivity contribution is 5.69. The van der Waals surface area contributed by atoms with Crippen molar-refractivity contribution in [2.45, 2.75) is 0 Å². The van der Waals surface area contributed by atoms with Crippen LogP contribution < -0.4 is 10.5 Å². The van der Waals surface area contributed by atoms with Crippen molar-refractivity contribution in [3.05, 3.63) is 24.3 Å². The van der Waals surface area contributed by atoms with E-state index >= 15 is 0 Å². The minimum absolute atomic E-state index is 0.556. The van der Waals surface area contributed by atoms with E-state index < -0.39 is 0 Å². The third-order valence-electron chi connectivity index (χ3n) is 2.23. The predicted molar refractivity (Wildman–Crippen MR) is 57.4 cm³/mol. The summed E-state index contributed by atoms with van der Waals surface area (Å²) < 4.78 is 6.61. The number of aromatic nitrogens is 3. The van der Waals surface area contributed by atoms with Crippen molar-refractivity contribution >= 4 is 5.82 Å². The lowest BCUT2D eigenvalue weighted by molar-refractivity contribution is 0.415. The molecule has 0 aliphatic rings. The highest BCUT2D eigenvalue weighted by Crippen LogP contribution is 2.24. The summed E-state index contributed by atoms with van der Waals surface area (Å²) >= 11 is 0. The Morgan fingerprint density at radius 2 is 1.93 bits per heavy atom. The third kappa shape index (κ3) is 1.63. The zero-order chi connectivity index (χ0) is 10.8. The van der Waals surface area contributed by atoms with Crippen LogP contribution in [0.1, 0.15) is 0 Å². The lowest BCUT2D eigenvalue weighted by atomic mass is 10.1. The van der Waals surface area contributed by atoms with Crippen LogP contribution in [0.3, 0.4) is 0 Å². The van der Waals surface area contributed by atoms with Crippen LogP contribution in [-0.2, 0) is 7.05 Å². The monoisotopic (exact) mass is 204 g/mol. The number of benzene rings is 1. The van der Waals surface area contributed by atoms with Crippen LogP contribution in [0.4, 0.5) is 5.82 Å². The average Bonchev–Trinajstić information content (AvgIpc) is 2.60. The number of rotatable bonds is 2. The third-order valence-corrected chi connectivity index (χ3v) is 2.23. The van der Waals surface area contributed by atoms with Crippen LogP contribution in [0, 0.1) is 0 Å². The first-order valence-corrected chi connectivity index (χ1v) is 4.52. The van der Waals surface area contributed by atoms with Crippen molar-refractivity contribution in [3.8, 4) is 17.0 Å². The highest BCUT2D eigenvalue weighted by Gasteiger charge is 2.08. The lowest BCUT2D eigenvalue weighted by Gasteiger charge is -2.01. The van der Waals surface area contributed by atoms with Crippen LogP contribution in [0.2, 0.25) is 0 Å². The molecule has 5 nitrogen and oxygen atoms in total. The summed E-state index contributed by atoms with van der Waals surface area (Å²) in [6.45, 7) is 0. The Kier molecular flexibility index (Phi) is 2.29. The van der Waals surface area contributed by atoms with Gasteiger partial charge < -0.3 is 10.5 Å². The molecule has 2 N–H and O–H groups in total. The standard InChI is InChI=1S/C10H12N4O/c1-14-10(11)9(12-13-14)7-3-5-8(15-2)6-4-7/h3-6H,11H2,1-2H3. The van der Waals surface area contributed by atoms with Gasteiger partial charge >= 0.3 is 0 Å². The summed E-state index contributed by atoms with van der Waals surface area (Å²) in [5, 5.41) is 7.83. The maximum absolute atomic E-state index is 5.81. The molecule has 0 saturated heterocycles. The Morgan fingerprint density at radius 1 is 1.27 bits per heavy atom. The average molecular weight is 204 g/mol. The molecule has 15 heavy (non-hydrogen) atoms. The molecule has 0 unspecified atom stereocenters. The Balaban J connectivity index is 2.41. The fourth-order valence-electron chi connectivity index (χ4n) is 1.32. The molecule has 0 atom stereocenters. The van der Waals surface area contributed by atoms with E-state index in [1.54, 1.807) is 18.8 Å². The van der Waals surface area contributed by atoms with Gasteiger partial charge in [0.1, 0.15) is 17.3 Å². The second-order valence-corrected chi connectivity index (χ2v) is 3.18. The van der Waals surface area contributed by atoms with Crippen LogP contribution in [0.5, 0.6) is 5.75 Å². The van der Waals surface area contributed by atoms with Gasteiger partial charge in [0.05, 0.1) is 7.11 Å². The Morgan fingerprint density at radius 3 is 2.40 bits per heavy atom. The largest absolute Gasteiger partial charge is 0.497 e. The lowest BCUT2D eigenvalue weighted by Crippen LogP contribution is -1.97. The van der Waals surface area contributed by atoms with Crippen LogP contribution in [-0.4, -0.2) is 22.1 Å². The van der Waals surface area contributed by atoms with E-state index in [0.717, 1.165) is 11.3 Å². The molecule has 0 aliphatic carbocycles. The minimum atomic E-state index is 0.556. The van der Waals surface area contributed by atoms with Gasteiger partial charge in [0, 0.05) is 12.6 Å². The van der Waals surface area contributed by atoms with Gasteiger partial charge in [-0.1, -0.05) is 5.21 Å². The van der Waals surface area contributed by atoms with Crippen molar-refractivity contribution < 1.29 is 4.74 Å². The first-order chi connectivity index (χ1) is 7.22. The van der Waals surface area contributed by atoms with Crippen molar-refractivity contribution in [2.75, 3.05) is 12.8 Å². The van der Waals surface area contributed by atoms with Crippen molar-refractivity contribution in [2.24, 2.45) is 7.05 Å². The first-order valence-electron chi connectivity index (χ1n) is 4.52. The molecule has 1 aromatic heterocycles. The molecule has 0 fully saturated rings. The fourth-order valence-corrected chi connectivity index (χ4v) is 1.32. The minimum Gasteiger partial charge on any atom is -0.497 e. The number of nitrogens with two attached hydrogens (primary N) is 1. The SMILES string of the molecule is COc1ccc(-c2nnn(C)c2N)cc1. The van der Waals surface area contributed by atoms with Crippen LogP contribution in [0.25, 0.3) is 11.3 Å². The van der Waals surface area contributed by atoms with E-state index in [1.165, 1.54) is 0 Å². The predicted octanol–water partition coefficient (Wildman–Crippen LogP) is 1.07. The molecule has 5 heteroatoms.